The first-order chi connectivity index (χ1) is 9.28. The van der Waals surface area contributed by atoms with Crippen LogP contribution in [0, 0.1) is 5.92 Å². The highest BCUT2D eigenvalue weighted by Crippen LogP contribution is 2.25. The molecule has 1 aromatic rings. The lowest BCUT2D eigenvalue weighted by molar-refractivity contribution is 0.0702. The third-order valence-corrected chi connectivity index (χ3v) is 5.91. The average Bonchev–Trinajstić information content (AvgIpc) is 2.84. The van der Waals surface area contributed by atoms with Crippen LogP contribution in [0.4, 0.5) is 0 Å². The highest BCUT2D eigenvalue weighted by molar-refractivity contribution is 7.91. The van der Waals surface area contributed by atoms with Gasteiger partial charge in [0.15, 0.2) is 0 Å². The lowest BCUT2D eigenvalue weighted by Crippen LogP contribution is -2.36. The van der Waals surface area contributed by atoms with Crippen LogP contribution in [-0.4, -0.2) is 50.6 Å². The first kappa shape index (κ1) is 17.1. The number of hydrogen-bond donors (Lipinski definition) is 1. The molecule has 0 bridgehead atoms. The van der Waals surface area contributed by atoms with Crippen LogP contribution in [0.2, 0.25) is 0 Å². The minimum absolute atomic E-state index is 0.0137. The van der Waals surface area contributed by atoms with Crippen molar-refractivity contribution in [1.29, 1.82) is 0 Å². The molecule has 1 aromatic heterocycles. The number of aromatic carboxylic acids is 1. The molecule has 8 heteroatoms. The van der Waals surface area contributed by atoms with E-state index < -0.39 is 16.0 Å². The number of methoxy groups -OCH3 is 1. The maximum absolute atomic E-state index is 12.5. The van der Waals surface area contributed by atoms with Gasteiger partial charge in [-0.3, -0.25) is 0 Å². The molecule has 0 aliphatic heterocycles. The zero-order valence-electron chi connectivity index (χ0n) is 11.7. The number of ether oxygens (including phenoxy) is 1. The lowest BCUT2D eigenvalue weighted by atomic mass is 10.2. The summed E-state index contributed by atoms with van der Waals surface area (Å²) < 4.78 is 31.3. The summed E-state index contributed by atoms with van der Waals surface area (Å²) in [5.74, 6) is -0.954. The van der Waals surface area contributed by atoms with Crippen LogP contribution in [0.5, 0.6) is 0 Å². The maximum atomic E-state index is 12.5. The molecule has 0 saturated carbocycles. The van der Waals surface area contributed by atoms with Gasteiger partial charge in [-0.15, -0.1) is 11.3 Å². The van der Waals surface area contributed by atoms with E-state index in [1.165, 1.54) is 23.5 Å². The van der Waals surface area contributed by atoms with Gasteiger partial charge in [0.2, 0.25) is 0 Å². The molecule has 1 heterocycles. The second-order valence-electron chi connectivity index (χ2n) is 4.67. The predicted octanol–water partition coefficient (Wildman–Crippen LogP) is 1.74. The van der Waals surface area contributed by atoms with Gasteiger partial charge in [-0.25, -0.2) is 13.2 Å². The quantitative estimate of drug-likeness (QED) is 0.788. The summed E-state index contributed by atoms with van der Waals surface area (Å²) >= 11 is 0.767. The minimum Gasteiger partial charge on any atom is -0.477 e. The monoisotopic (exact) mass is 321 g/mol. The Morgan fingerprint density at radius 2 is 2.10 bits per heavy atom. The Kier molecular flexibility index (Phi) is 6.12. The Balaban J connectivity index is 3.04. The number of carboxylic acids is 1. The van der Waals surface area contributed by atoms with Gasteiger partial charge in [-0.05, 0) is 18.1 Å². The third kappa shape index (κ3) is 4.27. The Hall–Kier alpha value is -0.960. The van der Waals surface area contributed by atoms with Crippen LogP contribution < -0.4 is 0 Å². The molecule has 114 valence electrons. The predicted molar refractivity (Wildman–Crippen MR) is 76.8 cm³/mol. The van der Waals surface area contributed by atoms with Crippen molar-refractivity contribution >= 4 is 27.3 Å². The van der Waals surface area contributed by atoms with Crippen molar-refractivity contribution in [2.24, 2.45) is 5.92 Å². The Bertz CT molecular complexity index is 550. The molecular weight excluding hydrogens is 302 g/mol. The van der Waals surface area contributed by atoms with E-state index in [2.05, 4.69) is 0 Å². The molecule has 0 radical (unpaired) electrons. The number of rotatable bonds is 8. The number of sulfonamides is 1. The molecule has 6 nitrogen and oxygen atoms in total. The molecule has 1 rings (SSSR count). The van der Waals surface area contributed by atoms with Crippen molar-refractivity contribution in [3.05, 3.63) is 17.0 Å². The molecule has 0 atom stereocenters. The molecule has 0 amide bonds. The van der Waals surface area contributed by atoms with Crippen LogP contribution in [0.25, 0.3) is 0 Å². The van der Waals surface area contributed by atoms with Gasteiger partial charge in [-0.2, -0.15) is 4.31 Å². The summed E-state index contributed by atoms with van der Waals surface area (Å²) in [6.45, 7) is 4.76. The Labute approximate surface area is 123 Å². The van der Waals surface area contributed by atoms with Crippen LogP contribution in [0.15, 0.2) is 16.3 Å². The highest BCUT2D eigenvalue weighted by atomic mass is 32.2. The molecule has 0 saturated heterocycles. The van der Waals surface area contributed by atoms with Crippen molar-refractivity contribution in [2.45, 2.75) is 18.1 Å². The molecule has 0 spiro atoms. The fourth-order valence-corrected chi connectivity index (χ4v) is 4.50. The molecule has 0 aliphatic carbocycles. The summed E-state index contributed by atoms with van der Waals surface area (Å²) in [4.78, 5) is 10.9. The van der Waals surface area contributed by atoms with Crippen LogP contribution >= 0.6 is 11.3 Å². The van der Waals surface area contributed by atoms with Gasteiger partial charge in [-0.1, -0.05) is 13.8 Å². The van der Waals surface area contributed by atoms with Gasteiger partial charge in [0.05, 0.1) is 6.61 Å². The SMILES string of the molecule is COCCN(CC(C)C)S(=O)(=O)c1ccc(C(=O)O)s1. The molecule has 0 aliphatic rings. The van der Waals surface area contributed by atoms with E-state index in [1.54, 1.807) is 0 Å². The highest BCUT2D eigenvalue weighted by Gasteiger charge is 2.27. The zero-order valence-corrected chi connectivity index (χ0v) is 13.3. The number of carbonyl (C=O) groups is 1. The number of nitrogens with zero attached hydrogens (tertiary/aromatic N) is 1. The summed E-state index contributed by atoms with van der Waals surface area (Å²) in [6, 6.07) is 2.65. The second-order valence-corrected chi connectivity index (χ2v) is 7.92. The molecule has 20 heavy (non-hydrogen) atoms. The number of carboxylic acid groups (broad SMARTS) is 1. The first-order valence-electron chi connectivity index (χ1n) is 6.11. The average molecular weight is 321 g/mol. The van der Waals surface area contributed by atoms with Gasteiger partial charge in [0.25, 0.3) is 10.0 Å². The second kappa shape index (κ2) is 7.16. The maximum Gasteiger partial charge on any atom is 0.345 e. The van der Waals surface area contributed by atoms with Crippen molar-refractivity contribution in [2.75, 3.05) is 26.8 Å². The standard InChI is InChI=1S/C12H19NO5S2/c1-9(2)8-13(6-7-18-3)20(16,17)11-5-4-10(19-11)12(14)15/h4-5,9H,6-8H2,1-3H3,(H,14,15). The summed E-state index contributed by atoms with van der Waals surface area (Å²) in [5, 5.41) is 8.87. The van der Waals surface area contributed by atoms with E-state index in [-0.39, 0.29) is 21.5 Å². The molecule has 1 N–H and O–H groups in total. The van der Waals surface area contributed by atoms with Crippen molar-refractivity contribution < 1.29 is 23.1 Å². The molecular formula is C12H19NO5S2. The Morgan fingerprint density at radius 1 is 1.45 bits per heavy atom. The number of thiophene rings is 1. The van der Waals surface area contributed by atoms with E-state index in [9.17, 15) is 13.2 Å². The van der Waals surface area contributed by atoms with E-state index in [0.717, 1.165) is 11.3 Å². The van der Waals surface area contributed by atoms with E-state index in [4.69, 9.17) is 9.84 Å². The van der Waals surface area contributed by atoms with E-state index in [0.29, 0.717) is 13.2 Å². The van der Waals surface area contributed by atoms with E-state index >= 15 is 0 Å². The minimum atomic E-state index is -3.67. The molecule has 0 aromatic carbocycles. The topological polar surface area (TPSA) is 83.9 Å². The lowest BCUT2D eigenvalue weighted by Gasteiger charge is -2.22. The normalized spacial score (nSPS) is 12.2. The molecule has 0 fully saturated rings. The fourth-order valence-electron chi connectivity index (χ4n) is 1.61. The van der Waals surface area contributed by atoms with Gasteiger partial charge < -0.3 is 9.84 Å². The Morgan fingerprint density at radius 3 is 2.55 bits per heavy atom. The van der Waals surface area contributed by atoms with E-state index in [1.807, 2.05) is 13.8 Å². The summed E-state index contributed by atoms with van der Waals surface area (Å²) in [6.07, 6.45) is 0. The van der Waals surface area contributed by atoms with Gasteiger partial charge >= 0.3 is 5.97 Å². The zero-order chi connectivity index (χ0) is 15.3. The third-order valence-electron chi connectivity index (χ3n) is 2.50. The fraction of sp³-hybridized carbons (Fsp3) is 0.583. The van der Waals surface area contributed by atoms with Crippen LogP contribution in [0.3, 0.4) is 0 Å². The van der Waals surface area contributed by atoms with Crippen molar-refractivity contribution in [3.8, 4) is 0 Å². The number of hydrogen-bond acceptors (Lipinski definition) is 5. The summed E-state index contributed by atoms with van der Waals surface area (Å²) in [5.41, 5.74) is 0. The molecule has 0 unspecified atom stereocenters. The van der Waals surface area contributed by atoms with Gasteiger partial charge in [0, 0.05) is 20.2 Å². The van der Waals surface area contributed by atoms with Gasteiger partial charge in [0.1, 0.15) is 9.09 Å². The summed E-state index contributed by atoms with van der Waals surface area (Å²) in [7, 11) is -2.16. The van der Waals surface area contributed by atoms with Crippen LogP contribution in [0.1, 0.15) is 23.5 Å². The first-order valence-corrected chi connectivity index (χ1v) is 8.37. The smallest absolute Gasteiger partial charge is 0.345 e. The largest absolute Gasteiger partial charge is 0.477 e. The van der Waals surface area contributed by atoms with Crippen molar-refractivity contribution in [1.82, 2.24) is 4.31 Å². The van der Waals surface area contributed by atoms with Crippen LogP contribution in [-0.2, 0) is 14.8 Å². The van der Waals surface area contributed by atoms with Crippen molar-refractivity contribution in [3.63, 3.8) is 0 Å².